The van der Waals surface area contributed by atoms with Crippen LogP contribution >= 0.6 is 11.6 Å². The Morgan fingerprint density at radius 3 is 2.45 bits per heavy atom. The summed E-state index contributed by atoms with van der Waals surface area (Å²) in [6.07, 6.45) is 0. The zero-order valence-electron chi connectivity index (χ0n) is 12.2. The zero-order valence-corrected chi connectivity index (χ0v) is 12.9. The van der Waals surface area contributed by atoms with Gasteiger partial charge in [-0.3, -0.25) is 0 Å². The van der Waals surface area contributed by atoms with Crippen molar-refractivity contribution in [1.82, 2.24) is 0 Å². The summed E-state index contributed by atoms with van der Waals surface area (Å²) >= 11 is 6.23. The van der Waals surface area contributed by atoms with E-state index in [-0.39, 0.29) is 0 Å². The summed E-state index contributed by atoms with van der Waals surface area (Å²) in [4.78, 5) is 3.56. The minimum atomic E-state index is -0.528. The van der Waals surface area contributed by atoms with Crippen molar-refractivity contribution in [1.29, 1.82) is 0 Å². The van der Waals surface area contributed by atoms with Gasteiger partial charge in [-0.25, -0.2) is 8.78 Å². The Kier molecular flexibility index (Phi) is 4.60. The molecule has 2 aromatic rings. The second-order valence-electron chi connectivity index (χ2n) is 5.60. The van der Waals surface area contributed by atoms with E-state index in [0.29, 0.717) is 12.1 Å². The molecule has 116 valence electrons. The summed E-state index contributed by atoms with van der Waals surface area (Å²) in [6, 6.07) is 11.6. The van der Waals surface area contributed by atoms with Crippen LogP contribution < -0.4 is 9.80 Å². The van der Waals surface area contributed by atoms with Gasteiger partial charge in [-0.05, 0) is 24.3 Å². The molecule has 2 nitrogen and oxygen atoms in total. The number of halogens is 3. The van der Waals surface area contributed by atoms with Crippen molar-refractivity contribution in [2.45, 2.75) is 6.54 Å². The average Bonchev–Trinajstić information content (AvgIpc) is 2.51. The number of hydrogen-bond acceptors (Lipinski definition) is 1. The Bertz CT molecular complexity index is 655. The number of para-hydroxylation sites is 1. The van der Waals surface area contributed by atoms with Gasteiger partial charge in [0.25, 0.3) is 0 Å². The second-order valence-corrected chi connectivity index (χ2v) is 6.01. The molecule has 3 rings (SSSR count). The van der Waals surface area contributed by atoms with Crippen LogP contribution in [0, 0.1) is 11.6 Å². The van der Waals surface area contributed by atoms with Crippen molar-refractivity contribution >= 4 is 17.3 Å². The number of piperazine rings is 1. The average molecular weight is 324 g/mol. The van der Waals surface area contributed by atoms with E-state index in [9.17, 15) is 8.78 Å². The number of nitrogens with one attached hydrogen (secondary N) is 1. The molecule has 1 aliphatic heterocycles. The van der Waals surface area contributed by atoms with Crippen LogP contribution in [0.25, 0.3) is 0 Å². The van der Waals surface area contributed by atoms with E-state index in [0.717, 1.165) is 43.0 Å². The van der Waals surface area contributed by atoms with E-state index < -0.39 is 11.6 Å². The lowest BCUT2D eigenvalue weighted by Crippen LogP contribution is -3.13. The van der Waals surface area contributed by atoms with Crippen molar-refractivity contribution in [2.24, 2.45) is 0 Å². The Balaban J connectivity index is 1.61. The highest BCUT2D eigenvalue weighted by molar-refractivity contribution is 6.33. The van der Waals surface area contributed by atoms with Crippen LogP contribution in [0.15, 0.2) is 42.5 Å². The molecule has 0 aliphatic carbocycles. The Hall–Kier alpha value is -1.65. The van der Waals surface area contributed by atoms with Gasteiger partial charge in [0.1, 0.15) is 18.2 Å². The van der Waals surface area contributed by atoms with Crippen LogP contribution in [0.4, 0.5) is 14.5 Å². The van der Waals surface area contributed by atoms with Crippen LogP contribution in [-0.4, -0.2) is 26.2 Å². The first-order valence-electron chi connectivity index (χ1n) is 7.40. The largest absolute Gasteiger partial charge is 0.359 e. The highest BCUT2D eigenvalue weighted by atomic mass is 35.5. The van der Waals surface area contributed by atoms with Crippen molar-refractivity contribution in [3.05, 3.63) is 64.7 Å². The Labute approximate surface area is 133 Å². The standard InChI is InChI=1S/C17H17ClF2N2/c18-15-3-1-2-4-17(15)22-9-7-21(8-10-22)12-13-5-6-14(19)11-16(13)20/h1-6,11H,7-10,12H2/p+1. The Morgan fingerprint density at radius 1 is 1.05 bits per heavy atom. The van der Waals surface area contributed by atoms with Gasteiger partial charge < -0.3 is 9.80 Å². The maximum Gasteiger partial charge on any atom is 0.134 e. The van der Waals surface area contributed by atoms with E-state index >= 15 is 0 Å². The summed E-state index contributed by atoms with van der Waals surface area (Å²) in [5.41, 5.74) is 1.62. The third-order valence-corrected chi connectivity index (χ3v) is 4.44. The number of nitrogens with zero attached hydrogens (tertiary/aromatic N) is 1. The van der Waals surface area contributed by atoms with Crippen LogP contribution in [0.1, 0.15) is 5.56 Å². The monoisotopic (exact) mass is 323 g/mol. The van der Waals surface area contributed by atoms with Crippen LogP contribution in [0.2, 0.25) is 5.02 Å². The number of rotatable bonds is 3. The van der Waals surface area contributed by atoms with Crippen LogP contribution in [0.5, 0.6) is 0 Å². The molecule has 1 aliphatic rings. The maximum atomic E-state index is 13.7. The summed E-state index contributed by atoms with van der Waals surface area (Å²) in [5, 5.41) is 0.760. The zero-order chi connectivity index (χ0) is 15.5. The molecule has 0 spiro atoms. The lowest BCUT2D eigenvalue weighted by Gasteiger charge is -2.34. The Morgan fingerprint density at radius 2 is 1.77 bits per heavy atom. The molecule has 5 heteroatoms. The number of hydrogen-bond donors (Lipinski definition) is 1. The molecule has 0 bridgehead atoms. The third kappa shape index (κ3) is 3.39. The minimum absolute atomic E-state index is 0.457. The quantitative estimate of drug-likeness (QED) is 0.912. The van der Waals surface area contributed by atoms with Gasteiger partial charge in [-0.2, -0.15) is 0 Å². The SMILES string of the molecule is Fc1ccc(C[NH+]2CCN(c3ccccc3Cl)CC2)c(F)c1. The third-order valence-electron chi connectivity index (χ3n) is 4.12. The molecule has 0 saturated carbocycles. The van der Waals surface area contributed by atoms with Crippen molar-refractivity contribution in [3.8, 4) is 0 Å². The number of benzene rings is 2. The van der Waals surface area contributed by atoms with Crippen LogP contribution in [-0.2, 0) is 6.54 Å². The van der Waals surface area contributed by atoms with Gasteiger partial charge in [-0.15, -0.1) is 0 Å². The summed E-state index contributed by atoms with van der Waals surface area (Å²) in [6.45, 7) is 4.15. The first kappa shape index (κ1) is 15.3. The predicted octanol–water partition coefficient (Wildman–Crippen LogP) is 2.52. The molecule has 0 amide bonds. The van der Waals surface area contributed by atoms with Crippen molar-refractivity contribution in [3.63, 3.8) is 0 Å². The molecular formula is C17H18ClF2N2+. The summed E-state index contributed by atoms with van der Waals surface area (Å²) in [7, 11) is 0. The topological polar surface area (TPSA) is 7.68 Å². The van der Waals surface area contributed by atoms with Crippen LogP contribution in [0.3, 0.4) is 0 Å². The van der Waals surface area contributed by atoms with E-state index in [1.54, 1.807) is 0 Å². The fourth-order valence-electron chi connectivity index (χ4n) is 2.88. The molecule has 0 aromatic heterocycles. The molecule has 0 unspecified atom stereocenters. The first-order valence-corrected chi connectivity index (χ1v) is 7.78. The maximum absolute atomic E-state index is 13.7. The van der Waals surface area contributed by atoms with E-state index in [1.807, 2.05) is 24.3 Å². The van der Waals surface area contributed by atoms with E-state index in [2.05, 4.69) is 4.90 Å². The molecule has 0 atom stereocenters. The van der Waals surface area contributed by atoms with E-state index in [4.69, 9.17) is 11.6 Å². The van der Waals surface area contributed by atoms with Gasteiger partial charge >= 0.3 is 0 Å². The smallest absolute Gasteiger partial charge is 0.134 e. The highest BCUT2D eigenvalue weighted by Gasteiger charge is 2.22. The van der Waals surface area contributed by atoms with Crippen molar-refractivity contribution in [2.75, 3.05) is 31.1 Å². The number of anilines is 1. The summed E-state index contributed by atoms with van der Waals surface area (Å²) < 4.78 is 26.7. The molecule has 1 heterocycles. The molecule has 1 N–H and O–H groups in total. The lowest BCUT2D eigenvalue weighted by molar-refractivity contribution is -0.914. The summed E-state index contributed by atoms with van der Waals surface area (Å²) in [5.74, 6) is -0.985. The van der Waals surface area contributed by atoms with Gasteiger partial charge in [0.05, 0.1) is 36.9 Å². The molecular weight excluding hydrogens is 306 g/mol. The van der Waals surface area contributed by atoms with Gasteiger partial charge in [0.2, 0.25) is 0 Å². The molecule has 0 radical (unpaired) electrons. The predicted molar refractivity (Wildman–Crippen MR) is 84.4 cm³/mol. The lowest BCUT2D eigenvalue weighted by atomic mass is 10.1. The van der Waals surface area contributed by atoms with Gasteiger partial charge in [0, 0.05) is 11.6 Å². The molecule has 1 saturated heterocycles. The van der Waals surface area contributed by atoms with E-state index in [1.165, 1.54) is 17.0 Å². The van der Waals surface area contributed by atoms with Gasteiger partial charge in [-0.1, -0.05) is 23.7 Å². The highest BCUT2D eigenvalue weighted by Crippen LogP contribution is 2.24. The minimum Gasteiger partial charge on any atom is -0.359 e. The fraction of sp³-hybridized carbons (Fsp3) is 0.294. The number of quaternary nitrogens is 1. The van der Waals surface area contributed by atoms with Gasteiger partial charge in [0.15, 0.2) is 0 Å². The molecule has 22 heavy (non-hydrogen) atoms. The molecule has 1 fully saturated rings. The normalized spacial score (nSPS) is 16.0. The van der Waals surface area contributed by atoms with Crippen molar-refractivity contribution < 1.29 is 13.7 Å². The second kappa shape index (κ2) is 6.63. The fourth-order valence-corrected chi connectivity index (χ4v) is 3.14. The first-order chi connectivity index (χ1) is 10.6. The molecule has 2 aromatic carbocycles.